The fraction of sp³-hybridized carbons (Fsp3) is 0.207. The minimum atomic E-state index is -0.791. The number of ether oxygens (including phenoxy) is 1. The smallest absolute Gasteiger partial charge is 0.284 e. The Kier molecular flexibility index (Phi) is 6.79. The van der Waals surface area contributed by atoms with Crippen molar-refractivity contribution in [3.63, 3.8) is 0 Å². The number of carbonyl (C=O) groups excluding carboxylic acids is 1. The Balaban J connectivity index is 1.19. The Morgan fingerprint density at radius 2 is 1.95 bits per heavy atom. The van der Waals surface area contributed by atoms with E-state index in [1.54, 1.807) is 28.9 Å². The molecule has 1 fully saturated rings. The number of halogens is 1. The molecular weight excluding hydrogens is 511 g/mol. The molecule has 1 aliphatic rings. The van der Waals surface area contributed by atoms with Crippen molar-refractivity contribution in [1.29, 1.82) is 0 Å². The van der Waals surface area contributed by atoms with Crippen molar-refractivity contribution in [2.45, 2.75) is 25.8 Å². The number of anilines is 3. The van der Waals surface area contributed by atoms with E-state index in [9.17, 15) is 9.18 Å². The number of likely N-dealkylation sites (tertiary alicyclic amines) is 1. The van der Waals surface area contributed by atoms with Crippen molar-refractivity contribution in [2.24, 2.45) is 0 Å². The molecule has 3 aromatic heterocycles. The number of carbonyl (C=O) groups is 1. The van der Waals surface area contributed by atoms with Crippen LogP contribution in [0.5, 0.6) is 11.5 Å². The monoisotopic (exact) mass is 538 g/mol. The van der Waals surface area contributed by atoms with Crippen LogP contribution < -0.4 is 15.4 Å². The zero-order valence-corrected chi connectivity index (χ0v) is 22.0. The van der Waals surface area contributed by atoms with Crippen LogP contribution in [0.3, 0.4) is 0 Å². The number of likely N-dealkylation sites (N-methyl/N-ethyl adjacent to an activating group) is 1. The molecule has 2 aromatic carbocycles. The number of hydrogen-bond acceptors (Lipinski definition) is 8. The first-order chi connectivity index (χ1) is 19.4. The van der Waals surface area contributed by atoms with Gasteiger partial charge in [0, 0.05) is 35.1 Å². The Morgan fingerprint density at radius 3 is 2.77 bits per heavy atom. The van der Waals surface area contributed by atoms with Crippen LogP contribution >= 0.6 is 0 Å². The number of aromatic nitrogens is 5. The van der Waals surface area contributed by atoms with E-state index in [1.165, 1.54) is 18.7 Å². The summed E-state index contributed by atoms with van der Waals surface area (Å²) in [6.07, 6.45) is 7.97. The number of nitrogens with zero attached hydrogens (tertiary/aromatic N) is 6. The molecule has 10 nitrogen and oxygen atoms in total. The van der Waals surface area contributed by atoms with Gasteiger partial charge in [-0.05, 0) is 87.5 Å². The number of hydrogen-bond donors (Lipinski definition) is 2. The van der Waals surface area contributed by atoms with E-state index in [4.69, 9.17) is 4.74 Å². The molecule has 1 saturated heterocycles. The maximum Gasteiger partial charge on any atom is 0.284 e. The van der Waals surface area contributed by atoms with E-state index in [0.717, 1.165) is 30.6 Å². The van der Waals surface area contributed by atoms with E-state index in [1.807, 2.05) is 49.2 Å². The van der Waals surface area contributed by atoms with Crippen LogP contribution in [0.25, 0.3) is 16.6 Å². The van der Waals surface area contributed by atoms with E-state index in [2.05, 4.69) is 30.7 Å². The average Bonchev–Trinajstić information content (AvgIpc) is 3.58. The normalized spacial score (nSPS) is 16.0. The molecule has 11 heteroatoms. The fourth-order valence-electron chi connectivity index (χ4n) is 4.78. The third-order valence-corrected chi connectivity index (χ3v) is 6.94. The first kappa shape index (κ1) is 25.4. The van der Waals surface area contributed by atoms with Crippen molar-refractivity contribution < 1.29 is 13.9 Å². The lowest BCUT2D eigenvalue weighted by atomic mass is 10.1. The number of pyridine rings is 1. The highest BCUT2D eigenvalue weighted by atomic mass is 19.1. The van der Waals surface area contributed by atoms with Crippen LogP contribution in [0.15, 0.2) is 79.3 Å². The molecule has 6 rings (SSSR count). The summed E-state index contributed by atoms with van der Waals surface area (Å²) >= 11 is 0. The highest BCUT2D eigenvalue weighted by molar-refractivity contribution is 6.04. The molecule has 40 heavy (non-hydrogen) atoms. The predicted octanol–water partition coefficient (Wildman–Crippen LogP) is 5.40. The Bertz CT molecular complexity index is 1750. The molecule has 0 unspecified atom stereocenters. The minimum Gasteiger partial charge on any atom is -0.457 e. The van der Waals surface area contributed by atoms with Gasteiger partial charge in [0.15, 0.2) is 11.5 Å². The number of amides is 1. The van der Waals surface area contributed by atoms with Gasteiger partial charge in [-0.25, -0.2) is 23.9 Å². The second kappa shape index (κ2) is 10.7. The average molecular weight is 539 g/mol. The summed E-state index contributed by atoms with van der Waals surface area (Å²) in [7, 11) is 1.93. The van der Waals surface area contributed by atoms with Crippen molar-refractivity contribution in [3.05, 3.63) is 84.8 Å². The third kappa shape index (κ3) is 5.32. The van der Waals surface area contributed by atoms with Crippen LogP contribution in [0, 0.1) is 6.92 Å². The molecule has 0 spiro atoms. The number of fused-ring (bicyclic) bond motifs is 2. The molecule has 0 radical (unpaired) electrons. The second-order valence-corrected chi connectivity index (χ2v) is 9.75. The molecule has 5 aromatic rings. The van der Waals surface area contributed by atoms with Gasteiger partial charge in [0.2, 0.25) is 0 Å². The van der Waals surface area contributed by atoms with Gasteiger partial charge in [-0.3, -0.25) is 9.69 Å². The standard InChI is InChI=1S/C29H27FN8O2/c1-18-12-19(6-8-26(18)40-22-9-11-38-27(15-22)32-17-34-38)35-28-23-13-20(5-7-25(23)31-16-33-28)36-29(39)24(30)14-21-4-3-10-37(21)2/h5-9,11-17,21H,3-4,10H2,1-2H3,(H,36,39)(H,31,33,35)/b24-14+/t21-/m1/s1. The summed E-state index contributed by atoms with van der Waals surface area (Å²) in [6.45, 7) is 2.85. The van der Waals surface area contributed by atoms with Crippen molar-refractivity contribution in [2.75, 3.05) is 24.2 Å². The van der Waals surface area contributed by atoms with Gasteiger partial charge in [0.25, 0.3) is 5.91 Å². The highest BCUT2D eigenvalue weighted by Gasteiger charge is 2.21. The minimum absolute atomic E-state index is 0.0654. The topological polar surface area (TPSA) is 110 Å². The summed E-state index contributed by atoms with van der Waals surface area (Å²) in [5.41, 5.74) is 3.53. The number of rotatable bonds is 7. The maximum absolute atomic E-state index is 14.6. The van der Waals surface area contributed by atoms with Gasteiger partial charge < -0.3 is 15.4 Å². The van der Waals surface area contributed by atoms with Gasteiger partial charge in [0.05, 0.1) is 5.52 Å². The SMILES string of the molecule is Cc1cc(Nc2ncnc3ccc(NC(=O)/C(F)=C\[C@H]4CCCN4C)cc23)ccc1Oc1ccn2ncnc2c1. The summed E-state index contributed by atoms with van der Waals surface area (Å²) in [6, 6.07) is 14.5. The van der Waals surface area contributed by atoms with Gasteiger partial charge in [-0.2, -0.15) is 5.10 Å². The van der Waals surface area contributed by atoms with Crippen LogP contribution in [-0.4, -0.2) is 55.0 Å². The first-order valence-electron chi connectivity index (χ1n) is 12.9. The predicted molar refractivity (Wildman–Crippen MR) is 151 cm³/mol. The van der Waals surface area contributed by atoms with Crippen LogP contribution in [-0.2, 0) is 4.79 Å². The fourth-order valence-corrected chi connectivity index (χ4v) is 4.78. The van der Waals surface area contributed by atoms with Gasteiger partial charge in [0.1, 0.15) is 30.0 Å². The first-order valence-corrected chi connectivity index (χ1v) is 12.9. The van der Waals surface area contributed by atoms with Crippen LogP contribution in [0.2, 0.25) is 0 Å². The molecule has 4 heterocycles. The molecular formula is C29H27FN8O2. The molecule has 0 aliphatic carbocycles. The Morgan fingerprint density at radius 1 is 1.07 bits per heavy atom. The summed E-state index contributed by atoms with van der Waals surface area (Å²) in [5.74, 6) is 0.337. The number of nitrogens with one attached hydrogen (secondary N) is 2. The zero-order valence-electron chi connectivity index (χ0n) is 22.0. The van der Waals surface area contributed by atoms with Crippen molar-refractivity contribution in [3.8, 4) is 11.5 Å². The van der Waals surface area contributed by atoms with Gasteiger partial charge >= 0.3 is 0 Å². The van der Waals surface area contributed by atoms with E-state index in [0.29, 0.717) is 39.6 Å². The lowest BCUT2D eigenvalue weighted by Gasteiger charge is -2.15. The molecule has 2 N–H and O–H groups in total. The molecule has 0 saturated carbocycles. The van der Waals surface area contributed by atoms with E-state index in [-0.39, 0.29) is 6.04 Å². The highest BCUT2D eigenvalue weighted by Crippen LogP contribution is 2.31. The van der Waals surface area contributed by atoms with Crippen molar-refractivity contribution in [1.82, 2.24) is 29.5 Å². The Hall–Kier alpha value is -4.90. The van der Waals surface area contributed by atoms with Gasteiger partial charge in [-0.15, -0.1) is 0 Å². The maximum atomic E-state index is 14.6. The second-order valence-electron chi connectivity index (χ2n) is 9.75. The molecule has 202 valence electrons. The molecule has 1 aliphatic heterocycles. The summed E-state index contributed by atoms with van der Waals surface area (Å²) < 4.78 is 22.4. The molecule has 1 amide bonds. The van der Waals surface area contributed by atoms with Crippen LogP contribution in [0.1, 0.15) is 18.4 Å². The van der Waals surface area contributed by atoms with Crippen LogP contribution in [0.4, 0.5) is 21.6 Å². The lowest BCUT2D eigenvalue weighted by molar-refractivity contribution is -0.114. The Labute approximate surface area is 229 Å². The number of aryl methyl sites for hydroxylation is 1. The third-order valence-electron chi connectivity index (χ3n) is 6.94. The molecule has 1 atom stereocenters. The summed E-state index contributed by atoms with van der Waals surface area (Å²) in [4.78, 5) is 27.5. The summed E-state index contributed by atoms with van der Waals surface area (Å²) in [5, 5.41) is 10.8. The van der Waals surface area contributed by atoms with Crippen molar-refractivity contribution >= 4 is 39.6 Å². The quantitative estimate of drug-likeness (QED) is 0.265. The van der Waals surface area contributed by atoms with E-state index < -0.39 is 11.7 Å². The van der Waals surface area contributed by atoms with Gasteiger partial charge in [-0.1, -0.05) is 0 Å². The number of benzene rings is 2. The van der Waals surface area contributed by atoms with E-state index >= 15 is 0 Å². The largest absolute Gasteiger partial charge is 0.457 e. The lowest BCUT2D eigenvalue weighted by Crippen LogP contribution is -2.24. The zero-order chi connectivity index (χ0) is 27.6. The molecule has 0 bridgehead atoms.